The number of fused-ring (bicyclic) bond motifs is 2. The molecule has 0 aliphatic carbocycles. The number of phenolic OH excluding ortho intramolecular Hbond substituents is 1. The van der Waals surface area contributed by atoms with Gasteiger partial charge in [-0.25, -0.2) is 9.69 Å². The van der Waals surface area contributed by atoms with Gasteiger partial charge in [0.05, 0.1) is 24.4 Å². The second-order valence-electron chi connectivity index (χ2n) is 8.06. The summed E-state index contributed by atoms with van der Waals surface area (Å²) in [5.41, 5.74) is 1.36. The van der Waals surface area contributed by atoms with E-state index in [1.807, 2.05) is 6.92 Å². The van der Waals surface area contributed by atoms with Crippen LogP contribution in [0.1, 0.15) is 43.0 Å². The molecule has 1 aromatic carbocycles. The van der Waals surface area contributed by atoms with Crippen LogP contribution < -0.4 is 9.64 Å². The van der Waals surface area contributed by atoms with Crippen molar-refractivity contribution < 1.29 is 33.6 Å². The lowest BCUT2D eigenvalue weighted by atomic mass is 10.1. The van der Waals surface area contributed by atoms with Crippen molar-refractivity contribution in [1.82, 2.24) is 4.90 Å². The van der Waals surface area contributed by atoms with Crippen molar-refractivity contribution >= 4 is 17.7 Å². The number of rotatable bonds is 5. The standard InChI is InChI=1S/C23H28N2O7/c1-4-8-31-23(28)25-16-12-18(26)19(29-3)11-15(16)21(27)24-13-14(2)10-17(24)22(25)32-20-7-5-6-9-30-20/h4,11-13,17,20,22,26H,1,5-10H2,2-3H3/t17-,20?,22?/m0/s1. The van der Waals surface area contributed by atoms with Crippen LogP contribution >= 0.6 is 0 Å². The van der Waals surface area contributed by atoms with Crippen molar-refractivity contribution in [3.63, 3.8) is 0 Å². The molecule has 4 rings (SSSR count). The number of hydrogen-bond acceptors (Lipinski definition) is 7. The molecule has 3 heterocycles. The number of benzene rings is 1. The Morgan fingerprint density at radius 2 is 2.19 bits per heavy atom. The highest BCUT2D eigenvalue weighted by atomic mass is 16.7. The number of amides is 2. The number of hydrogen-bond donors (Lipinski definition) is 1. The maximum absolute atomic E-state index is 13.5. The van der Waals surface area contributed by atoms with Gasteiger partial charge in [-0.3, -0.25) is 4.79 Å². The van der Waals surface area contributed by atoms with E-state index in [0.29, 0.717) is 19.4 Å². The van der Waals surface area contributed by atoms with Crippen molar-refractivity contribution in [2.24, 2.45) is 0 Å². The van der Waals surface area contributed by atoms with Crippen molar-refractivity contribution in [2.45, 2.75) is 51.2 Å². The molecule has 3 aliphatic rings. The molecule has 0 spiro atoms. The Hall–Kier alpha value is -3.04. The molecule has 9 heteroatoms. The van der Waals surface area contributed by atoms with Crippen LogP contribution in [0.3, 0.4) is 0 Å². The average Bonchev–Trinajstić information content (AvgIpc) is 3.15. The minimum atomic E-state index is -0.887. The van der Waals surface area contributed by atoms with Crippen molar-refractivity contribution in [2.75, 3.05) is 25.2 Å². The average molecular weight is 444 g/mol. The van der Waals surface area contributed by atoms with Gasteiger partial charge in [0.15, 0.2) is 24.0 Å². The first-order valence-corrected chi connectivity index (χ1v) is 10.7. The summed E-state index contributed by atoms with van der Waals surface area (Å²) < 4.78 is 22.7. The zero-order chi connectivity index (χ0) is 22.8. The molecule has 0 radical (unpaired) electrons. The number of anilines is 1. The predicted molar refractivity (Wildman–Crippen MR) is 115 cm³/mol. The van der Waals surface area contributed by atoms with Gasteiger partial charge < -0.3 is 29.0 Å². The lowest BCUT2D eigenvalue weighted by Crippen LogP contribution is -2.53. The zero-order valence-electron chi connectivity index (χ0n) is 18.3. The second-order valence-corrected chi connectivity index (χ2v) is 8.06. The Bertz CT molecular complexity index is 939. The first kappa shape index (κ1) is 22.2. The van der Waals surface area contributed by atoms with Gasteiger partial charge in [-0.2, -0.15) is 0 Å². The van der Waals surface area contributed by atoms with Crippen LogP contribution in [0.5, 0.6) is 11.5 Å². The van der Waals surface area contributed by atoms with Crippen molar-refractivity contribution in [1.29, 1.82) is 0 Å². The fourth-order valence-corrected chi connectivity index (χ4v) is 4.33. The summed E-state index contributed by atoms with van der Waals surface area (Å²) in [4.78, 5) is 29.6. The Balaban J connectivity index is 1.84. The molecule has 0 bridgehead atoms. The van der Waals surface area contributed by atoms with E-state index >= 15 is 0 Å². The third kappa shape index (κ3) is 4.05. The van der Waals surface area contributed by atoms with Crippen molar-refractivity contribution in [3.8, 4) is 11.5 Å². The van der Waals surface area contributed by atoms with E-state index in [9.17, 15) is 14.7 Å². The van der Waals surface area contributed by atoms with Gasteiger partial charge in [-0.15, -0.1) is 0 Å². The van der Waals surface area contributed by atoms with E-state index in [-0.39, 0.29) is 35.3 Å². The van der Waals surface area contributed by atoms with Gasteiger partial charge in [0.25, 0.3) is 5.91 Å². The van der Waals surface area contributed by atoms with E-state index in [1.165, 1.54) is 30.2 Å². The van der Waals surface area contributed by atoms with E-state index < -0.39 is 24.7 Å². The number of ether oxygens (including phenoxy) is 4. The smallest absolute Gasteiger partial charge is 0.416 e. The molecule has 32 heavy (non-hydrogen) atoms. The summed E-state index contributed by atoms with van der Waals surface area (Å²) in [6.45, 7) is 6.07. The van der Waals surface area contributed by atoms with Gasteiger partial charge in [0.1, 0.15) is 6.61 Å². The van der Waals surface area contributed by atoms with Crippen molar-refractivity contribution in [3.05, 3.63) is 42.1 Å². The summed E-state index contributed by atoms with van der Waals surface area (Å²) in [7, 11) is 1.40. The molecule has 3 aliphatic heterocycles. The van der Waals surface area contributed by atoms with Crippen LogP contribution in [0, 0.1) is 0 Å². The molecule has 1 saturated heterocycles. The largest absolute Gasteiger partial charge is 0.504 e. The first-order chi connectivity index (χ1) is 15.4. The Labute approximate surface area is 186 Å². The summed E-state index contributed by atoms with van der Waals surface area (Å²) in [6, 6.07) is 2.28. The number of phenols is 1. The van der Waals surface area contributed by atoms with Crippen LogP contribution in [0.15, 0.2) is 36.6 Å². The molecule has 1 N–H and O–H groups in total. The number of carbonyl (C=O) groups is 2. The number of methoxy groups -OCH3 is 1. The molecule has 1 aromatic rings. The van der Waals surface area contributed by atoms with Gasteiger partial charge in [-0.1, -0.05) is 18.2 Å². The minimum Gasteiger partial charge on any atom is -0.504 e. The first-order valence-electron chi connectivity index (χ1n) is 10.7. The fraction of sp³-hybridized carbons (Fsp3) is 0.478. The highest BCUT2D eigenvalue weighted by molar-refractivity contribution is 6.06. The predicted octanol–water partition coefficient (Wildman–Crippen LogP) is 3.53. The van der Waals surface area contributed by atoms with E-state index in [2.05, 4.69) is 6.58 Å². The molecule has 2 unspecified atom stereocenters. The van der Waals surface area contributed by atoms with Gasteiger partial charge in [-0.05, 0) is 38.7 Å². The fourth-order valence-electron chi connectivity index (χ4n) is 4.33. The third-order valence-corrected chi connectivity index (χ3v) is 5.80. The van der Waals surface area contributed by atoms with Crippen LogP contribution in [-0.2, 0) is 14.2 Å². The molecule has 2 amide bonds. The quantitative estimate of drug-likeness (QED) is 0.694. The Morgan fingerprint density at radius 1 is 1.38 bits per heavy atom. The van der Waals surface area contributed by atoms with Crippen LogP contribution in [-0.4, -0.2) is 60.9 Å². The topological polar surface area (TPSA) is 97.8 Å². The van der Waals surface area contributed by atoms with Crippen LogP contribution in [0.4, 0.5) is 10.5 Å². The monoisotopic (exact) mass is 444 g/mol. The molecular formula is C23H28N2O7. The number of aromatic hydroxyl groups is 1. The molecule has 3 atom stereocenters. The Morgan fingerprint density at radius 3 is 2.88 bits per heavy atom. The normalized spacial score (nSPS) is 24.9. The third-order valence-electron chi connectivity index (χ3n) is 5.80. The molecule has 0 aromatic heterocycles. The molecular weight excluding hydrogens is 416 g/mol. The molecule has 1 fully saturated rings. The second kappa shape index (κ2) is 9.22. The van der Waals surface area contributed by atoms with Crippen LogP contribution in [0.25, 0.3) is 0 Å². The number of nitrogens with zero attached hydrogens (tertiary/aromatic N) is 2. The maximum Gasteiger partial charge on any atom is 0.416 e. The summed E-state index contributed by atoms with van der Waals surface area (Å²) >= 11 is 0. The summed E-state index contributed by atoms with van der Waals surface area (Å²) in [6.07, 6.45) is 4.20. The maximum atomic E-state index is 13.5. The zero-order valence-corrected chi connectivity index (χ0v) is 18.3. The van der Waals surface area contributed by atoms with E-state index in [1.54, 1.807) is 11.1 Å². The Kier molecular flexibility index (Phi) is 6.38. The highest BCUT2D eigenvalue weighted by Gasteiger charge is 2.47. The summed E-state index contributed by atoms with van der Waals surface area (Å²) in [5, 5.41) is 10.5. The van der Waals surface area contributed by atoms with E-state index in [4.69, 9.17) is 18.9 Å². The van der Waals surface area contributed by atoms with Crippen LogP contribution in [0.2, 0.25) is 0 Å². The molecule has 9 nitrogen and oxygen atoms in total. The highest BCUT2D eigenvalue weighted by Crippen LogP contribution is 2.42. The van der Waals surface area contributed by atoms with Gasteiger partial charge >= 0.3 is 6.09 Å². The minimum absolute atomic E-state index is 0.0148. The molecule has 0 saturated carbocycles. The summed E-state index contributed by atoms with van der Waals surface area (Å²) in [5.74, 6) is -0.401. The lowest BCUT2D eigenvalue weighted by Gasteiger charge is -2.38. The SMILES string of the molecule is C=CCOC(=O)N1c2cc(O)c(OC)cc2C(=O)N2C=C(C)C[C@H]2C1OC1CCCCO1. The van der Waals surface area contributed by atoms with Gasteiger partial charge in [0.2, 0.25) is 0 Å². The number of carbonyl (C=O) groups excluding carboxylic acids is 2. The van der Waals surface area contributed by atoms with Gasteiger partial charge in [0, 0.05) is 18.9 Å². The molecule has 172 valence electrons. The van der Waals surface area contributed by atoms with E-state index in [0.717, 1.165) is 18.4 Å². The lowest BCUT2D eigenvalue weighted by molar-refractivity contribution is -0.195.